The van der Waals surface area contributed by atoms with Gasteiger partial charge in [0.05, 0.1) is 17.7 Å². The molecule has 0 aliphatic heterocycles. The zero-order valence-electron chi connectivity index (χ0n) is 14.4. The van der Waals surface area contributed by atoms with Crippen LogP contribution in [0.4, 0.5) is 11.4 Å². The van der Waals surface area contributed by atoms with E-state index in [9.17, 15) is 19.7 Å². The van der Waals surface area contributed by atoms with Gasteiger partial charge in [-0.1, -0.05) is 12.1 Å². The molecular weight excluding hydrogens is 338 g/mol. The van der Waals surface area contributed by atoms with Gasteiger partial charge in [0.1, 0.15) is 5.75 Å². The van der Waals surface area contributed by atoms with Gasteiger partial charge in [-0.25, -0.2) is 0 Å². The molecular formula is C18H19N3O5. The van der Waals surface area contributed by atoms with Crippen molar-refractivity contribution < 1.29 is 19.2 Å². The zero-order chi connectivity index (χ0) is 19.1. The van der Waals surface area contributed by atoms with Gasteiger partial charge < -0.3 is 15.4 Å². The molecule has 0 fully saturated rings. The number of carbonyl (C=O) groups excluding carboxylic acids is 2. The van der Waals surface area contributed by atoms with Crippen molar-refractivity contribution >= 4 is 23.2 Å². The number of nitrogens with one attached hydrogen (secondary N) is 2. The Hall–Kier alpha value is -3.42. The Morgan fingerprint density at radius 2 is 1.96 bits per heavy atom. The molecule has 0 saturated heterocycles. The number of non-ortho nitro benzene ring substituents is 1. The number of nitro groups is 1. The quantitative estimate of drug-likeness (QED) is 0.585. The third-order valence-corrected chi connectivity index (χ3v) is 3.68. The van der Waals surface area contributed by atoms with Crippen molar-refractivity contribution in [3.8, 4) is 5.75 Å². The van der Waals surface area contributed by atoms with Gasteiger partial charge in [-0.2, -0.15) is 0 Å². The Morgan fingerprint density at radius 1 is 1.19 bits per heavy atom. The highest BCUT2D eigenvalue weighted by Gasteiger charge is 2.12. The number of carbonyl (C=O) groups is 2. The minimum atomic E-state index is -0.524. The summed E-state index contributed by atoms with van der Waals surface area (Å²) in [6.45, 7) is 1.87. The second-order valence-corrected chi connectivity index (χ2v) is 5.54. The lowest BCUT2D eigenvalue weighted by Crippen LogP contribution is -2.27. The molecule has 0 bridgehead atoms. The van der Waals surface area contributed by atoms with Crippen LogP contribution in [0.5, 0.6) is 5.75 Å². The Kier molecular flexibility index (Phi) is 6.26. The summed E-state index contributed by atoms with van der Waals surface area (Å²) in [4.78, 5) is 34.4. The number of rotatable bonds is 7. The molecule has 0 aliphatic rings. The van der Waals surface area contributed by atoms with Crippen molar-refractivity contribution in [2.24, 2.45) is 0 Å². The number of aryl methyl sites for hydroxylation is 1. The molecule has 0 aromatic heterocycles. The maximum atomic E-state index is 12.1. The third-order valence-electron chi connectivity index (χ3n) is 3.68. The van der Waals surface area contributed by atoms with E-state index in [1.165, 1.54) is 19.2 Å². The summed E-state index contributed by atoms with van der Waals surface area (Å²) in [6, 6.07) is 10.9. The smallest absolute Gasteiger partial charge is 0.271 e. The standard InChI is InChI=1S/C18H19N3O5/c1-12-6-7-14(21(24)25)11-16(12)20-17(22)8-9-19-18(23)13-4-3-5-15(10-13)26-2/h3-7,10-11H,8-9H2,1-2H3,(H,19,23)(H,20,22). The average Bonchev–Trinajstić information content (AvgIpc) is 2.63. The molecule has 0 spiro atoms. The van der Waals surface area contributed by atoms with Crippen LogP contribution in [-0.4, -0.2) is 30.4 Å². The monoisotopic (exact) mass is 357 g/mol. The molecule has 2 N–H and O–H groups in total. The van der Waals surface area contributed by atoms with E-state index in [0.29, 0.717) is 22.6 Å². The number of hydrogen-bond donors (Lipinski definition) is 2. The molecule has 2 aromatic rings. The second-order valence-electron chi connectivity index (χ2n) is 5.54. The molecule has 0 unspecified atom stereocenters. The van der Waals surface area contributed by atoms with Crippen molar-refractivity contribution in [2.75, 3.05) is 19.0 Å². The molecule has 136 valence electrons. The van der Waals surface area contributed by atoms with Crippen LogP contribution in [0.1, 0.15) is 22.3 Å². The number of nitro benzene ring substituents is 1. The fourth-order valence-corrected chi connectivity index (χ4v) is 2.23. The normalized spacial score (nSPS) is 10.1. The molecule has 0 saturated carbocycles. The highest BCUT2D eigenvalue weighted by molar-refractivity contribution is 5.95. The number of nitrogens with zero attached hydrogens (tertiary/aromatic N) is 1. The third kappa shape index (κ3) is 5.04. The Labute approximate surface area is 150 Å². The van der Waals surface area contributed by atoms with E-state index >= 15 is 0 Å². The Morgan fingerprint density at radius 3 is 2.65 bits per heavy atom. The van der Waals surface area contributed by atoms with Gasteiger partial charge in [0, 0.05) is 30.7 Å². The molecule has 2 amide bonds. The van der Waals surface area contributed by atoms with Gasteiger partial charge in [-0.3, -0.25) is 19.7 Å². The maximum absolute atomic E-state index is 12.1. The molecule has 2 aromatic carbocycles. The van der Waals surface area contributed by atoms with Crippen molar-refractivity contribution in [2.45, 2.75) is 13.3 Å². The van der Waals surface area contributed by atoms with E-state index in [1.807, 2.05) is 0 Å². The summed E-state index contributed by atoms with van der Waals surface area (Å²) in [6.07, 6.45) is 0.0395. The summed E-state index contributed by atoms with van der Waals surface area (Å²) >= 11 is 0. The van der Waals surface area contributed by atoms with Crippen molar-refractivity contribution in [3.63, 3.8) is 0 Å². The lowest BCUT2D eigenvalue weighted by molar-refractivity contribution is -0.384. The first-order chi connectivity index (χ1) is 12.4. The maximum Gasteiger partial charge on any atom is 0.271 e. The molecule has 8 nitrogen and oxygen atoms in total. The number of benzene rings is 2. The molecule has 0 radical (unpaired) electrons. The minimum absolute atomic E-state index is 0.0395. The number of hydrogen-bond acceptors (Lipinski definition) is 5. The van der Waals surface area contributed by atoms with Crippen LogP contribution in [0.2, 0.25) is 0 Å². The highest BCUT2D eigenvalue weighted by atomic mass is 16.6. The molecule has 2 rings (SSSR count). The summed E-state index contributed by atoms with van der Waals surface area (Å²) in [5.41, 5.74) is 1.42. The highest BCUT2D eigenvalue weighted by Crippen LogP contribution is 2.21. The number of amides is 2. The molecule has 0 aliphatic carbocycles. The molecule has 0 heterocycles. The van der Waals surface area contributed by atoms with Gasteiger partial charge in [-0.05, 0) is 30.7 Å². The van der Waals surface area contributed by atoms with Gasteiger partial charge >= 0.3 is 0 Å². The van der Waals surface area contributed by atoms with Crippen LogP contribution in [0.15, 0.2) is 42.5 Å². The lowest BCUT2D eigenvalue weighted by Gasteiger charge is -2.09. The Bertz CT molecular complexity index is 835. The first-order valence-electron chi connectivity index (χ1n) is 7.88. The first-order valence-corrected chi connectivity index (χ1v) is 7.88. The van der Waals surface area contributed by atoms with Crippen LogP contribution < -0.4 is 15.4 Å². The second kappa shape index (κ2) is 8.61. The van der Waals surface area contributed by atoms with Gasteiger partial charge in [0.25, 0.3) is 11.6 Å². The predicted molar refractivity (Wildman–Crippen MR) is 96.4 cm³/mol. The average molecular weight is 357 g/mol. The van der Waals surface area contributed by atoms with Crippen LogP contribution in [-0.2, 0) is 4.79 Å². The molecule has 0 atom stereocenters. The van der Waals surface area contributed by atoms with E-state index in [2.05, 4.69) is 10.6 Å². The van der Waals surface area contributed by atoms with Crippen molar-refractivity contribution in [1.82, 2.24) is 5.32 Å². The fourth-order valence-electron chi connectivity index (χ4n) is 2.23. The van der Waals surface area contributed by atoms with Crippen LogP contribution >= 0.6 is 0 Å². The summed E-state index contributed by atoms with van der Waals surface area (Å²) < 4.78 is 5.06. The molecule has 26 heavy (non-hydrogen) atoms. The van der Waals surface area contributed by atoms with Gasteiger partial charge in [-0.15, -0.1) is 0 Å². The predicted octanol–water partition coefficient (Wildman–Crippen LogP) is 2.67. The summed E-state index contributed by atoms with van der Waals surface area (Å²) in [5.74, 6) is -0.0979. The Balaban J connectivity index is 1.88. The van der Waals surface area contributed by atoms with E-state index in [-0.39, 0.29) is 30.5 Å². The van der Waals surface area contributed by atoms with E-state index in [1.54, 1.807) is 37.3 Å². The minimum Gasteiger partial charge on any atom is -0.497 e. The van der Waals surface area contributed by atoms with Gasteiger partial charge in [0.15, 0.2) is 0 Å². The van der Waals surface area contributed by atoms with Crippen molar-refractivity contribution in [1.29, 1.82) is 0 Å². The number of ether oxygens (including phenoxy) is 1. The number of anilines is 1. The van der Waals surface area contributed by atoms with Crippen LogP contribution in [0, 0.1) is 17.0 Å². The largest absolute Gasteiger partial charge is 0.497 e. The first kappa shape index (κ1) is 18.9. The van der Waals surface area contributed by atoms with Crippen LogP contribution in [0.25, 0.3) is 0 Å². The number of methoxy groups -OCH3 is 1. The summed E-state index contributed by atoms with van der Waals surface area (Å²) in [7, 11) is 1.51. The van der Waals surface area contributed by atoms with E-state index < -0.39 is 4.92 Å². The van der Waals surface area contributed by atoms with Crippen LogP contribution in [0.3, 0.4) is 0 Å². The fraction of sp³-hybridized carbons (Fsp3) is 0.222. The van der Waals surface area contributed by atoms with E-state index in [0.717, 1.165) is 0 Å². The SMILES string of the molecule is COc1cccc(C(=O)NCCC(=O)Nc2cc([N+](=O)[O-])ccc2C)c1. The topological polar surface area (TPSA) is 111 Å². The molecule has 8 heteroatoms. The lowest BCUT2D eigenvalue weighted by atomic mass is 10.1. The van der Waals surface area contributed by atoms with Crippen molar-refractivity contribution in [3.05, 3.63) is 63.7 Å². The van der Waals surface area contributed by atoms with E-state index in [4.69, 9.17) is 4.74 Å². The van der Waals surface area contributed by atoms with Gasteiger partial charge in [0.2, 0.25) is 5.91 Å². The summed E-state index contributed by atoms with van der Waals surface area (Å²) in [5, 5.41) is 16.1. The zero-order valence-corrected chi connectivity index (χ0v) is 14.4.